The summed E-state index contributed by atoms with van der Waals surface area (Å²) < 4.78 is 32.3. The fourth-order valence-electron chi connectivity index (χ4n) is 2.92. The molecule has 8 nitrogen and oxygen atoms in total. The minimum Gasteiger partial charge on any atom is -0.379 e. The highest BCUT2D eigenvalue weighted by molar-refractivity contribution is 7.89. The Balaban J connectivity index is 1.73. The number of nitriles is 1. The van der Waals surface area contributed by atoms with E-state index in [-0.39, 0.29) is 40.8 Å². The minimum atomic E-state index is -3.73. The third-order valence-electron chi connectivity index (χ3n) is 4.68. The van der Waals surface area contributed by atoms with Gasteiger partial charge in [0.15, 0.2) is 0 Å². The van der Waals surface area contributed by atoms with E-state index in [9.17, 15) is 18.5 Å². The summed E-state index contributed by atoms with van der Waals surface area (Å²) in [7, 11) is -3.73. The number of amides is 1. The fourth-order valence-corrected chi connectivity index (χ4v) is 4.73. The Labute approximate surface area is 196 Å². The molecule has 0 unspecified atom stereocenters. The van der Waals surface area contributed by atoms with Crippen LogP contribution in [0.4, 0.5) is 5.69 Å². The normalized spacial score (nSPS) is 15.1. The second-order valence-electron chi connectivity index (χ2n) is 6.75. The van der Waals surface area contributed by atoms with Crippen LogP contribution in [0.1, 0.15) is 5.56 Å². The van der Waals surface area contributed by atoms with Crippen molar-refractivity contribution < 1.29 is 17.9 Å². The second-order valence-corrected chi connectivity index (χ2v) is 9.50. The lowest BCUT2D eigenvalue weighted by atomic mass is 10.2. The molecule has 11 heteroatoms. The lowest BCUT2D eigenvalue weighted by Crippen LogP contribution is -2.40. The molecule has 2 aromatic rings. The number of nitrogens with zero attached hydrogens (tertiary/aromatic N) is 2. The molecule has 0 bridgehead atoms. The molecule has 2 aromatic carbocycles. The monoisotopic (exact) mass is 494 g/mol. The van der Waals surface area contributed by atoms with Crippen LogP contribution in [0.25, 0.3) is 0 Å². The highest BCUT2D eigenvalue weighted by Crippen LogP contribution is 2.27. The van der Waals surface area contributed by atoms with E-state index in [1.165, 1.54) is 28.7 Å². The van der Waals surface area contributed by atoms with Gasteiger partial charge in [0.05, 0.1) is 28.8 Å². The van der Waals surface area contributed by atoms with Gasteiger partial charge in [-0.1, -0.05) is 41.4 Å². The van der Waals surface area contributed by atoms with Gasteiger partial charge in [-0.15, -0.1) is 0 Å². The SMILES string of the molecule is N#C/C(=C/Nc1cc(S(=O)(=O)N2CCOCC2)ccc1Cl)C(=O)NCc1ccccc1Cl. The summed E-state index contributed by atoms with van der Waals surface area (Å²) in [6.07, 6.45) is 1.17. The number of ether oxygens (including phenoxy) is 1. The molecule has 32 heavy (non-hydrogen) atoms. The van der Waals surface area contributed by atoms with Crippen molar-refractivity contribution in [1.82, 2.24) is 9.62 Å². The van der Waals surface area contributed by atoms with Crippen LogP contribution in [-0.4, -0.2) is 44.9 Å². The maximum absolute atomic E-state index is 12.9. The molecule has 1 saturated heterocycles. The minimum absolute atomic E-state index is 0.0429. The topological polar surface area (TPSA) is 112 Å². The molecule has 2 N–H and O–H groups in total. The van der Waals surface area contributed by atoms with Crippen molar-refractivity contribution in [1.29, 1.82) is 5.26 Å². The number of carbonyl (C=O) groups excluding carboxylic acids is 1. The van der Waals surface area contributed by atoms with Crippen LogP contribution in [-0.2, 0) is 26.1 Å². The van der Waals surface area contributed by atoms with E-state index in [1.807, 2.05) is 6.07 Å². The molecule has 0 spiro atoms. The molecule has 1 aliphatic rings. The summed E-state index contributed by atoms with van der Waals surface area (Å²) in [5.74, 6) is -0.617. The molecule has 1 aliphatic heterocycles. The van der Waals surface area contributed by atoms with Crippen LogP contribution in [0.15, 0.2) is 59.1 Å². The quantitative estimate of drug-likeness (QED) is 0.451. The number of halogens is 2. The second kappa shape index (κ2) is 10.8. The first-order chi connectivity index (χ1) is 15.3. The molecular weight excluding hydrogens is 475 g/mol. The van der Waals surface area contributed by atoms with Crippen LogP contribution >= 0.6 is 23.2 Å². The zero-order valence-electron chi connectivity index (χ0n) is 16.8. The lowest BCUT2D eigenvalue weighted by molar-refractivity contribution is -0.117. The van der Waals surface area contributed by atoms with Crippen LogP contribution in [0.2, 0.25) is 10.0 Å². The van der Waals surface area contributed by atoms with Gasteiger partial charge >= 0.3 is 0 Å². The average Bonchev–Trinajstić information content (AvgIpc) is 2.80. The summed E-state index contributed by atoms with van der Waals surface area (Å²) >= 11 is 12.2. The summed E-state index contributed by atoms with van der Waals surface area (Å²) in [6.45, 7) is 1.33. The molecule has 0 aliphatic carbocycles. The van der Waals surface area contributed by atoms with Crippen LogP contribution in [0.5, 0.6) is 0 Å². The first-order valence-corrected chi connectivity index (χ1v) is 11.8. The largest absolute Gasteiger partial charge is 0.379 e. The predicted molar refractivity (Wildman–Crippen MR) is 122 cm³/mol. The van der Waals surface area contributed by atoms with E-state index in [4.69, 9.17) is 27.9 Å². The van der Waals surface area contributed by atoms with Crippen molar-refractivity contribution in [2.24, 2.45) is 0 Å². The molecule has 0 aromatic heterocycles. The highest BCUT2D eigenvalue weighted by Gasteiger charge is 2.26. The lowest BCUT2D eigenvalue weighted by Gasteiger charge is -2.26. The summed E-state index contributed by atoms with van der Waals surface area (Å²) in [6, 6.07) is 13.0. The first kappa shape index (κ1) is 24.0. The number of hydrogen-bond acceptors (Lipinski definition) is 6. The third-order valence-corrected chi connectivity index (χ3v) is 7.27. The number of sulfonamides is 1. The number of nitrogens with one attached hydrogen (secondary N) is 2. The number of morpholine rings is 1. The molecule has 0 radical (unpaired) electrons. The van der Waals surface area contributed by atoms with Gasteiger partial charge in [-0.25, -0.2) is 8.42 Å². The molecule has 168 valence electrons. The number of rotatable bonds is 7. The zero-order chi connectivity index (χ0) is 23.1. The molecule has 3 rings (SSSR count). The number of carbonyl (C=O) groups is 1. The van der Waals surface area contributed by atoms with Crippen LogP contribution in [0.3, 0.4) is 0 Å². The van der Waals surface area contributed by atoms with Gasteiger partial charge in [0, 0.05) is 30.9 Å². The predicted octanol–water partition coefficient (Wildman–Crippen LogP) is 3.15. The van der Waals surface area contributed by atoms with Crippen molar-refractivity contribution >= 4 is 44.8 Å². The molecule has 1 heterocycles. The molecule has 1 fully saturated rings. The molecule has 0 saturated carbocycles. The van der Waals surface area contributed by atoms with Gasteiger partial charge in [-0.2, -0.15) is 9.57 Å². The van der Waals surface area contributed by atoms with Gasteiger partial charge in [0.2, 0.25) is 10.0 Å². The van der Waals surface area contributed by atoms with Gasteiger partial charge in [0.1, 0.15) is 11.6 Å². The Hall–Kier alpha value is -2.61. The van der Waals surface area contributed by atoms with E-state index >= 15 is 0 Å². The molecular formula is C21H20Cl2N4O4S. The standard InChI is InChI=1S/C21H20Cl2N4O4S/c22-18-4-2-1-3-15(18)13-26-21(28)16(12-24)14-25-20-11-17(5-6-19(20)23)32(29,30)27-7-9-31-10-8-27/h1-6,11,14,25H,7-10,13H2,(H,26,28)/b16-14-. The van der Waals surface area contributed by atoms with E-state index in [0.29, 0.717) is 23.8 Å². The number of benzene rings is 2. The Bertz CT molecular complexity index is 1170. The maximum Gasteiger partial charge on any atom is 0.263 e. The zero-order valence-corrected chi connectivity index (χ0v) is 19.2. The molecule has 1 amide bonds. The summed E-state index contributed by atoms with van der Waals surface area (Å²) in [5, 5.41) is 15.5. The maximum atomic E-state index is 12.9. The van der Waals surface area contributed by atoms with E-state index < -0.39 is 15.9 Å². The van der Waals surface area contributed by atoms with Crippen molar-refractivity contribution in [3.05, 3.63) is 69.8 Å². The van der Waals surface area contributed by atoms with Crippen LogP contribution in [0, 0.1) is 11.3 Å². The summed E-state index contributed by atoms with van der Waals surface area (Å²) in [5.41, 5.74) is 0.735. The number of anilines is 1. The van der Waals surface area contributed by atoms with Crippen LogP contribution < -0.4 is 10.6 Å². The fraction of sp³-hybridized carbons (Fsp3) is 0.238. The van der Waals surface area contributed by atoms with Crippen molar-refractivity contribution in [2.75, 3.05) is 31.6 Å². The van der Waals surface area contributed by atoms with E-state index in [0.717, 1.165) is 0 Å². The van der Waals surface area contributed by atoms with Gasteiger partial charge < -0.3 is 15.4 Å². The summed E-state index contributed by atoms with van der Waals surface area (Å²) in [4.78, 5) is 12.4. The third kappa shape index (κ3) is 5.79. The van der Waals surface area contributed by atoms with Gasteiger partial charge in [-0.3, -0.25) is 4.79 Å². The van der Waals surface area contributed by atoms with Crippen molar-refractivity contribution in [3.63, 3.8) is 0 Å². The van der Waals surface area contributed by atoms with Crippen molar-refractivity contribution in [3.8, 4) is 6.07 Å². The average molecular weight is 495 g/mol. The first-order valence-electron chi connectivity index (χ1n) is 9.59. The number of hydrogen-bond donors (Lipinski definition) is 2. The Kier molecular flexibility index (Phi) is 8.12. The Morgan fingerprint density at radius 3 is 2.56 bits per heavy atom. The Morgan fingerprint density at radius 1 is 1.16 bits per heavy atom. The molecule has 0 atom stereocenters. The van der Waals surface area contributed by atoms with E-state index in [2.05, 4.69) is 10.6 Å². The highest BCUT2D eigenvalue weighted by atomic mass is 35.5. The Morgan fingerprint density at radius 2 is 1.88 bits per heavy atom. The van der Waals surface area contributed by atoms with Gasteiger partial charge in [0.25, 0.3) is 5.91 Å². The van der Waals surface area contributed by atoms with Crippen molar-refractivity contribution in [2.45, 2.75) is 11.4 Å². The van der Waals surface area contributed by atoms with Gasteiger partial charge in [-0.05, 0) is 29.8 Å². The van der Waals surface area contributed by atoms with E-state index in [1.54, 1.807) is 24.3 Å². The smallest absolute Gasteiger partial charge is 0.263 e.